The van der Waals surface area contributed by atoms with Crippen LogP contribution in [0.2, 0.25) is 0 Å². The number of halogens is 3. The van der Waals surface area contributed by atoms with Gasteiger partial charge in [0.15, 0.2) is 0 Å². The maximum atomic E-state index is 12.1. The molecule has 2 aromatic heterocycles. The van der Waals surface area contributed by atoms with E-state index in [4.69, 9.17) is 5.73 Å². The standard InChI is InChI=1S/C8H7F3N4/c9-8(10,11)3-5-14-6(12)4-1-2-13-7(4)15-5/h1-2H,3H2,(H3,12,13,14,15). The smallest absolute Gasteiger partial charge is 0.383 e. The van der Waals surface area contributed by atoms with Gasteiger partial charge in [-0.15, -0.1) is 0 Å². The molecule has 15 heavy (non-hydrogen) atoms. The van der Waals surface area contributed by atoms with Crippen molar-refractivity contribution in [2.45, 2.75) is 12.6 Å². The van der Waals surface area contributed by atoms with Crippen LogP contribution in [0.3, 0.4) is 0 Å². The van der Waals surface area contributed by atoms with Crippen molar-refractivity contribution >= 4 is 16.9 Å². The molecule has 2 heterocycles. The van der Waals surface area contributed by atoms with Gasteiger partial charge in [-0.05, 0) is 6.07 Å². The van der Waals surface area contributed by atoms with Crippen LogP contribution in [0.4, 0.5) is 19.0 Å². The summed E-state index contributed by atoms with van der Waals surface area (Å²) in [7, 11) is 0. The maximum Gasteiger partial charge on any atom is 0.396 e. The molecule has 0 aliphatic carbocycles. The minimum Gasteiger partial charge on any atom is -0.383 e. The molecule has 0 aliphatic heterocycles. The Hall–Kier alpha value is -1.79. The molecule has 0 aliphatic rings. The lowest BCUT2D eigenvalue weighted by Gasteiger charge is -2.05. The Morgan fingerprint density at radius 3 is 2.73 bits per heavy atom. The van der Waals surface area contributed by atoms with Gasteiger partial charge in [-0.2, -0.15) is 13.2 Å². The van der Waals surface area contributed by atoms with Crippen molar-refractivity contribution in [2.24, 2.45) is 0 Å². The molecule has 0 atom stereocenters. The quantitative estimate of drug-likeness (QED) is 0.761. The predicted octanol–water partition coefficient (Wildman–Crippen LogP) is 1.64. The zero-order valence-electron chi connectivity index (χ0n) is 7.47. The predicted molar refractivity (Wildman–Crippen MR) is 48.1 cm³/mol. The second-order valence-electron chi connectivity index (χ2n) is 3.06. The first-order valence-corrected chi connectivity index (χ1v) is 4.12. The summed E-state index contributed by atoms with van der Waals surface area (Å²) in [4.78, 5) is 9.99. The third-order valence-corrected chi connectivity index (χ3v) is 1.85. The number of H-pyrrole nitrogens is 1. The Balaban J connectivity index is 2.45. The Labute approximate surface area is 82.3 Å². The average molecular weight is 216 g/mol. The van der Waals surface area contributed by atoms with E-state index in [9.17, 15) is 13.2 Å². The van der Waals surface area contributed by atoms with Gasteiger partial charge < -0.3 is 10.7 Å². The molecule has 2 aromatic rings. The Morgan fingerprint density at radius 2 is 2.07 bits per heavy atom. The topological polar surface area (TPSA) is 67.6 Å². The van der Waals surface area contributed by atoms with Gasteiger partial charge in [0, 0.05) is 6.20 Å². The van der Waals surface area contributed by atoms with Gasteiger partial charge in [-0.3, -0.25) is 0 Å². The average Bonchev–Trinajstić information content (AvgIpc) is 2.48. The van der Waals surface area contributed by atoms with Gasteiger partial charge in [-0.1, -0.05) is 0 Å². The van der Waals surface area contributed by atoms with Crippen LogP contribution in [-0.2, 0) is 6.42 Å². The van der Waals surface area contributed by atoms with Crippen LogP contribution in [0.5, 0.6) is 0 Å². The minimum absolute atomic E-state index is 0.0560. The largest absolute Gasteiger partial charge is 0.396 e. The highest BCUT2D eigenvalue weighted by Gasteiger charge is 2.29. The van der Waals surface area contributed by atoms with E-state index in [0.717, 1.165) is 0 Å². The van der Waals surface area contributed by atoms with Crippen LogP contribution in [0.25, 0.3) is 11.0 Å². The number of fused-ring (bicyclic) bond motifs is 1. The molecule has 3 N–H and O–H groups in total. The fraction of sp³-hybridized carbons (Fsp3) is 0.250. The molecular weight excluding hydrogens is 209 g/mol. The summed E-state index contributed by atoms with van der Waals surface area (Å²) in [6, 6.07) is 1.61. The van der Waals surface area contributed by atoms with Crippen LogP contribution in [0.1, 0.15) is 5.82 Å². The zero-order chi connectivity index (χ0) is 11.1. The van der Waals surface area contributed by atoms with Gasteiger partial charge in [-0.25, -0.2) is 9.97 Å². The molecule has 0 bridgehead atoms. The molecule has 4 nitrogen and oxygen atoms in total. The number of anilines is 1. The number of hydrogen-bond donors (Lipinski definition) is 2. The molecule has 0 unspecified atom stereocenters. The Bertz CT molecular complexity index is 488. The van der Waals surface area contributed by atoms with Crippen molar-refractivity contribution < 1.29 is 13.2 Å². The lowest BCUT2D eigenvalue weighted by atomic mass is 10.3. The van der Waals surface area contributed by atoms with Crippen LogP contribution >= 0.6 is 0 Å². The number of nitrogens with one attached hydrogen (secondary N) is 1. The number of nitrogen functional groups attached to an aromatic ring is 1. The van der Waals surface area contributed by atoms with E-state index in [1.807, 2.05) is 0 Å². The third-order valence-electron chi connectivity index (χ3n) is 1.85. The third kappa shape index (κ3) is 2.00. The molecule has 7 heteroatoms. The highest BCUT2D eigenvalue weighted by atomic mass is 19.4. The molecule has 2 rings (SSSR count). The second kappa shape index (κ2) is 3.11. The Kier molecular flexibility index (Phi) is 2.02. The van der Waals surface area contributed by atoms with Gasteiger partial charge in [0.2, 0.25) is 0 Å². The van der Waals surface area contributed by atoms with Crippen molar-refractivity contribution in [3.05, 3.63) is 18.1 Å². The normalized spacial score (nSPS) is 12.2. The number of nitrogens with two attached hydrogens (primary N) is 1. The molecular formula is C8H7F3N4. The zero-order valence-corrected chi connectivity index (χ0v) is 7.47. The number of alkyl halides is 3. The minimum atomic E-state index is -4.33. The van der Waals surface area contributed by atoms with Gasteiger partial charge in [0.1, 0.15) is 23.7 Å². The second-order valence-corrected chi connectivity index (χ2v) is 3.06. The molecule has 0 radical (unpaired) electrons. The summed E-state index contributed by atoms with van der Waals surface area (Å²) in [6.07, 6.45) is -3.95. The van der Waals surface area contributed by atoms with E-state index in [0.29, 0.717) is 11.0 Å². The number of hydrogen-bond acceptors (Lipinski definition) is 3. The van der Waals surface area contributed by atoms with E-state index in [-0.39, 0.29) is 11.6 Å². The van der Waals surface area contributed by atoms with E-state index in [1.54, 1.807) is 12.3 Å². The number of aromatic nitrogens is 3. The van der Waals surface area contributed by atoms with Crippen LogP contribution in [-0.4, -0.2) is 21.1 Å². The van der Waals surface area contributed by atoms with E-state index in [2.05, 4.69) is 15.0 Å². The van der Waals surface area contributed by atoms with E-state index in [1.165, 1.54) is 0 Å². The lowest BCUT2D eigenvalue weighted by Crippen LogP contribution is -2.14. The highest BCUT2D eigenvalue weighted by molar-refractivity contribution is 5.85. The van der Waals surface area contributed by atoms with E-state index < -0.39 is 12.6 Å². The summed E-state index contributed by atoms with van der Waals surface area (Å²) in [5.41, 5.74) is 5.80. The van der Waals surface area contributed by atoms with Crippen molar-refractivity contribution in [1.29, 1.82) is 0 Å². The number of nitrogens with zero attached hydrogens (tertiary/aromatic N) is 2. The molecule has 0 saturated heterocycles. The SMILES string of the molecule is Nc1nc(CC(F)(F)F)nc2[nH]ccc12. The highest BCUT2D eigenvalue weighted by Crippen LogP contribution is 2.22. The van der Waals surface area contributed by atoms with Crippen molar-refractivity contribution in [1.82, 2.24) is 15.0 Å². The molecule has 0 spiro atoms. The van der Waals surface area contributed by atoms with Crippen molar-refractivity contribution in [2.75, 3.05) is 5.73 Å². The lowest BCUT2D eigenvalue weighted by molar-refractivity contribution is -0.128. The summed E-state index contributed by atoms with van der Waals surface area (Å²) in [5, 5.41) is 0.529. The Morgan fingerprint density at radius 1 is 1.33 bits per heavy atom. The molecule has 80 valence electrons. The summed E-state index contributed by atoms with van der Waals surface area (Å²) in [5.74, 6) is -0.268. The van der Waals surface area contributed by atoms with Crippen LogP contribution in [0.15, 0.2) is 12.3 Å². The van der Waals surface area contributed by atoms with Crippen LogP contribution in [0, 0.1) is 0 Å². The van der Waals surface area contributed by atoms with Crippen molar-refractivity contribution in [3.8, 4) is 0 Å². The fourth-order valence-corrected chi connectivity index (χ4v) is 1.27. The van der Waals surface area contributed by atoms with Gasteiger partial charge in [0.05, 0.1) is 5.39 Å². The first kappa shape index (κ1) is 9.75. The maximum absolute atomic E-state index is 12.1. The fourth-order valence-electron chi connectivity index (χ4n) is 1.27. The summed E-state index contributed by atoms with van der Waals surface area (Å²) in [6.45, 7) is 0. The molecule has 0 amide bonds. The van der Waals surface area contributed by atoms with Crippen molar-refractivity contribution in [3.63, 3.8) is 0 Å². The summed E-state index contributed by atoms with van der Waals surface area (Å²) < 4.78 is 36.2. The molecule has 0 saturated carbocycles. The molecule has 0 fully saturated rings. The number of aromatic amines is 1. The molecule has 0 aromatic carbocycles. The van der Waals surface area contributed by atoms with Gasteiger partial charge in [0.25, 0.3) is 0 Å². The van der Waals surface area contributed by atoms with Gasteiger partial charge >= 0.3 is 6.18 Å². The number of rotatable bonds is 1. The van der Waals surface area contributed by atoms with E-state index >= 15 is 0 Å². The summed E-state index contributed by atoms with van der Waals surface area (Å²) >= 11 is 0. The first-order chi connectivity index (χ1) is 6.96. The van der Waals surface area contributed by atoms with Crippen LogP contribution < -0.4 is 5.73 Å². The monoisotopic (exact) mass is 216 g/mol. The first-order valence-electron chi connectivity index (χ1n) is 4.12.